The Balaban J connectivity index is 1.37. The number of nitrogens with one attached hydrogen (secondary N) is 1. The summed E-state index contributed by atoms with van der Waals surface area (Å²) >= 11 is 0. The van der Waals surface area contributed by atoms with Crippen molar-refractivity contribution in [2.75, 3.05) is 19.0 Å². The minimum absolute atomic E-state index is 0.0458. The van der Waals surface area contributed by atoms with E-state index in [4.69, 9.17) is 19.1 Å². The van der Waals surface area contributed by atoms with Gasteiger partial charge in [0.05, 0.1) is 36.1 Å². The van der Waals surface area contributed by atoms with Crippen LogP contribution in [0.2, 0.25) is 18.1 Å². The van der Waals surface area contributed by atoms with Crippen LogP contribution < -0.4 is 5.32 Å². The number of nitrogens with zero attached hydrogens (tertiary/aromatic N) is 5. The van der Waals surface area contributed by atoms with Crippen LogP contribution in [0.3, 0.4) is 0 Å². The molecule has 4 aromatic heterocycles. The Bertz CT molecular complexity index is 2260. The quantitative estimate of drug-likeness (QED) is 0.114. The van der Waals surface area contributed by atoms with Gasteiger partial charge in [0.25, 0.3) is 10.0 Å². The van der Waals surface area contributed by atoms with Gasteiger partial charge in [0, 0.05) is 35.9 Å². The Morgan fingerprint density at radius 2 is 1.71 bits per heavy atom. The van der Waals surface area contributed by atoms with Gasteiger partial charge in [0.15, 0.2) is 19.8 Å². The highest BCUT2D eigenvalue weighted by molar-refractivity contribution is 7.90. The number of benzene rings is 1. The van der Waals surface area contributed by atoms with Crippen LogP contribution in [0, 0.1) is 30.5 Å². The van der Waals surface area contributed by atoms with Crippen LogP contribution in [0.15, 0.2) is 59.9 Å². The lowest BCUT2D eigenvalue weighted by Crippen LogP contribution is -2.51. The molecule has 4 heterocycles. The summed E-state index contributed by atoms with van der Waals surface area (Å²) in [6.07, 6.45) is 8.32. The number of aryl methyl sites for hydroxylation is 1. The number of aromatic nitrogens is 5. The number of ether oxygens (including phenoxy) is 1. The standard InChI is InChI=1S/C38H47FN6O5SSi/c1-23-8-14-27(15-9-23)51(47,48)45-22-30(29-20-26(39)21-40-35(29)45)34-42-33(41-32-25-12-10-24(11-13-25)31(32)37(46)49-5)28-16-17-44(36(28)43-34)18-19-50-52(6,7)38(2,3)4/h8-9,14-17,20-22,24-25,31-32H,10-13,18-19H2,1-7H3,(H,41,42,43). The zero-order chi connectivity index (χ0) is 37.2. The molecule has 276 valence electrons. The second kappa shape index (κ2) is 13.4. The molecular formula is C38H47FN6O5SSi. The first-order chi connectivity index (χ1) is 24.6. The monoisotopic (exact) mass is 746 g/mol. The first kappa shape index (κ1) is 36.2. The van der Waals surface area contributed by atoms with E-state index < -0.39 is 24.2 Å². The Labute approximate surface area is 305 Å². The van der Waals surface area contributed by atoms with Crippen molar-refractivity contribution < 1.29 is 26.8 Å². The highest BCUT2D eigenvalue weighted by Gasteiger charge is 2.48. The molecule has 0 spiro atoms. The molecule has 52 heavy (non-hydrogen) atoms. The molecule has 11 nitrogen and oxygen atoms in total. The van der Waals surface area contributed by atoms with E-state index in [1.54, 1.807) is 24.3 Å². The minimum atomic E-state index is -4.13. The third-order valence-electron chi connectivity index (χ3n) is 11.6. The molecule has 8 rings (SSSR count). The van der Waals surface area contributed by atoms with Gasteiger partial charge in [-0.2, -0.15) is 0 Å². The normalized spacial score (nSPS) is 20.8. The topological polar surface area (TPSA) is 130 Å². The van der Waals surface area contributed by atoms with Crippen molar-refractivity contribution in [2.45, 2.75) is 89.0 Å². The molecule has 2 bridgehead atoms. The lowest BCUT2D eigenvalue weighted by Gasteiger charge is -2.47. The highest BCUT2D eigenvalue weighted by Crippen LogP contribution is 2.47. The van der Waals surface area contributed by atoms with Gasteiger partial charge in [-0.15, -0.1) is 0 Å². The number of hydrogen-bond donors (Lipinski definition) is 1. The fourth-order valence-electron chi connectivity index (χ4n) is 7.62. The second-order valence-electron chi connectivity index (χ2n) is 15.8. The lowest BCUT2D eigenvalue weighted by molar-refractivity contribution is -0.152. The molecule has 3 saturated carbocycles. The van der Waals surface area contributed by atoms with Gasteiger partial charge >= 0.3 is 5.97 Å². The Morgan fingerprint density at radius 1 is 1.02 bits per heavy atom. The Kier molecular flexibility index (Phi) is 9.31. The summed E-state index contributed by atoms with van der Waals surface area (Å²) in [7, 11) is -4.72. The lowest BCUT2D eigenvalue weighted by atomic mass is 9.61. The molecule has 0 saturated heterocycles. The fraction of sp³-hybridized carbons (Fsp3) is 0.474. The van der Waals surface area contributed by atoms with Crippen molar-refractivity contribution >= 4 is 52.2 Å². The summed E-state index contributed by atoms with van der Waals surface area (Å²) in [4.78, 5) is 27.5. The number of pyridine rings is 1. The third-order valence-corrected chi connectivity index (χ3v) is 17.8. The number of carbonyl (C=O) groups excluding carboxylic acids is 1. The molecule has 3 fully saturated rings. The van der Waals surface area contributed by atoms with E-state index in [0.29, 0.717) is 30.2 Å². The van der Waals surface area contributed by atoms with Gasteiger partial charge in [0.2, 0.25) is 0 Å². The van der Waals surface area contributed by atoms with Crippen molar-refractivity contribution in [3.63, 3.8) is 0 Å². The molecule has 1 N–H and O–H groups in total. The number of fused-ring (bicyclic) bond motifs is 5. The smallest absolute Gasteiger partial charge is 0.311 e. The average molecular weight is 747 g/mol. The second-order valence-corrected chi connectivity index (χ2v) is 22.5. The first-order valence-corrected chi connectivity index (χ1v) is 22.3. The number of carbonyl (C=O) groups is 1. The van der Waals surface area contributed by atoms with Crippen LogP contribution in [-0.2, 0) is 30.5 Å². The Hall–Kier alpha value is -4.14. The van der Waals surface area contributed by atoms with Gasteiger partial charge in [-0.25, -0.2) is 31.7 Å². The third kappa shape index (κ3) is 6.42. The maximum atomic E-state index is 14.9. The van der Waals surface area contributed by atoms with E-state index in [-0.39, 0.29) is 56.6 Å². The maximum Gasteiger partial charge on any atom is 0.311 e. The molecule has 3 aliphatic carbocycles. The van der Waals surface area contributed by atoms with E-state index in [1.165, 1.54) is 19.4 Å². The molecular weight excluding hydrogens is 700 g/mol. The summed E-state index contributed by atoms with van der Waals surface area (Å²) in [5.74, 6) is -0.00260. The number of halogens is 1. The van der Waals surface area contributed by atoms with Gasteiger partial charge in [-0.1, -0.05) is 38.5 Å². The van der Waals surface area contributed by atoms with Crippen molar-refractivity contribution in [3.05, 3.63) is 66.4 Å². The fourth-order valence-corrected chi connectivity index (χ4v) is 9.98. The van der Waals surface area contributed by atoms with E-state index in [9.17, 15) is 17.6 Å². The average Bonchev–Trinajstić information content (AvgIpc) is 3.70. The van der Waals surface area contributed by atoms with Crippen molar-refractivity contribution in [1.29, 1.82) is 0 Å². The molecule has 0 radical (unpaired) electrons. The SMILES string of the molecule is COC(=O)C1C2CCC(CC2)C1Nc1nc(-c2cn(S(=O)(=O)c3ccc(C)cc3)c3ncc(F)cc23)nc2c1ccn2CCO[Si](C)(C)C(C)(C)C. The number of methoxy groups -OCH3 is 1. The molecule has 0 aliphatic heterocycles. The summed E-state index contributed by atoms with van der Waals surface area (Å²) in [6, 6.07) is 9.54. The van der Waals surface area contributed by atoms with Gasteiger partial charge in [-0.05, 0) is 86.8 Å². The van der Waals surface area contributed by atoms with Gasteiger partial charge in [-0.3, -0.25) is 4.79 Å². The number of anilines is 1. The zero-order valence-electron chi connectivity index (χ0n) is 30.8. The van der Waals surface area contributed by atoms with Crippen LogP contribution in [-0.4, -0.2) is 66.0 Å². The molecule has 5 aromatic rings. The van der Waals surface area contributed by atoms with Crippen LogP contribution in [0.4, 0.5) is 10.2 Å². The van der Waals surface area contributed by atoms with Gasteiger partial charge in [0.1, 0.15) is 17.3 Å². The number of esters is 1. The van der Waals surface area contributed by atoms with Crippen molar-refractivity contribution in [3.8, 4) is 11.4 Å². The van der Waals surface area contributed by atoms with E-state index in [2.05, 4.69) is 44.2 Å². The molecule has 0 amide bonds. The van der Waals surface area contributed by atoms with Crippen molar-refractivity contribution in [2.24, 2.45) is 17.8 Å². The molecule has 1 aromatic carbocycles. The van der Waals surface area contributed by atoms with E-state index in [0.717, 1.165) is 46.8 Å². The maximum absolute atomic E-state index is 14.9. The summed E-state index contributed by atoms with van der Waals surface area (Å²) < 4.78 is 57.8. The highest BCUT2D eigenvalue weighted by atomic mass is 32.2. The molecule has 2 atom stereocenters. The van der Waals surface area contributed by atoms with Crippen molar-refractivity contribution in [1.82, 2.24) is 23.5 Å². The van der Waals surface area contributed by atoms with E-state index >= 15 is 0 Å². The number of rotatable bonds is 10. The summed E-state index contributed by atoms with van der Waals surface area (Å²) in [5, 5.41) is 4.72. The van der Waals surface area contributed by atoms with Crippen LogP contribution in [0.5, 0.6) is 0 Å². The van der Waals surface area contributed by atoms with Crippen LogP contribution in [0.1, 0.15) is 52.0 Å². The van der Waals surface area contributed by atoms with E-state index in [1.807, 2.05) is 23.8 Å². The van der Waals surface area contributed by atoms with Crippen LogP contribution in [0.25, 0.3) is 33.5 Å². The summed E-state index contributed by atoms with van der Waals surface area (Å²) in [6.45, 7) is 13.9. The molecule has 3 aliphatic rings. The summed E-state index contributed by atoms with van der Waals surface area (Å²) in [5.41, 5.74) is 1.89. The molecule has 14 heteroatoms. The van der Waals surface area contributed by atoms with Gasteiger partial charge < -0.3 is 19.0 Å². The molecule has 2 unspecified atom stereocenters. The zero-order valence-corrected chi connectivity index (χ0v) is 32.6. The number of hydrogen-bond acceptors (Lipinski definition) is 9. The largest absolute Gasteiger partial charge is 0.469 e. The van der Waals surface area contributed by atoms with Crippen LogP contribution >= 0.6 is 0 Å². The minimum Gasteiger partial charge on any atom is -0.469 e. The predicted molar refractivity (Wildman–Crippen MR) is 201 cm³/mol. The predicted octanol–water partition coefficient (Wildman–Crippen LogP) is 7.54. The first-order valence-electron chi connectivity index (χ1n) is 17.9. The Morgan fingerprint density at radius 3 is 2.38 bits per heavy atom.